The molecule has 2 aliphatic heterocycles. The number of nitrogens with zero attached hydrogens (tertiary/aromatic N) is 4. The molecule has 1 N–H and O–H groups in total. The Morgan fingerprint density at radius 2 is 1.78 bits per heavy atom. The molecule has 5 rings (SSSR count). The van der Waals surface area contributed by atoms with Crippen molar-refractivity contribution < 1.29 is 42.2 Å². The number of carbonyl (C=O) groups excluding carboxylic acids is 3. The molecule has 1 fully saturated rings. The maximum Gasteiger partial charge on any atom is 0.468 e. The number of esters is 2. The zero-order valence-electron chi connectivity index (χ0n) is 19.2. The molecule has 0 radical (unpaired) electrons. The van der Waals surface area contributed by atoms with Crippen LogP contribution in [0.2, 0.25) is 0 Å². The molecule has 0 aliphatic carbocycles. The van der Waals surface area contributed by atoms with E-state index in [0.717, 1.165) is 0 Å². The predicted octanol–water partition coefficient (Wildman–Crippen LogP) is 1.46. The lowest BCUT2D eigenvalue weighted by atomic mass is 10.2. The second-order valence-electron chi connectivity index (χ2n) is 7.87. The molecule has 5 atom stereocenters. The molecule has 36 heavy (non-hydrogen) atoms. The van der Waals surface area contributed by atoms with E-state index >= 15 is 0 Å². The Bertz CT molecular complexity index is 1420. The predicted molar refractivity (Wildman–Crippen MR) is 118 cm³/mol. The van der Waals surface area contributed by atoms with Gasteiger partial charge in [0.25, 0.3) is 0 Å². The molecular formula is C21H20N5O9P. The van der Waals surface area contributed by atoms with E-state index in [9.17, 15) is 14.4 Å². The van der Waals surface area contributed by atoms with E-state index in [0.29, 0.717) is 0 Å². The number of benzene rings is 1. The fourth-order valence-electron chi connectivity index (χ4n) is 3.81. The first-order valence-electron chi connectivity index (χ1n) is 10.6. The second-order valence-corrected chi connectivity index (χ2v) is 8.89. The van der Waals surface area contributed by atoms with E-state index in [1.165, 1.54) is 35.6 Å². The van der Waals surface area contributed by atoms with Gasteiger partial charge in [-0.3, -0.25) is 24.1 Å². The molecule has 0 spiro atoms. The molecule has 4 heterocycles. The van der Waals surface area contributed by atoms with Gasteiger partial charge in [0.15, 0.2) is 29.6 Å². The van der Waals surface area contributed by atoms with Gasteiger partial charge in [-0.2, -0.15) is 0 Å². The number of hydrogen-bond donors (Lipinski definition) is 1. The Morgan fingerprint density at radius 3 is 2.53 bits per heavy atom. The molecule has 14 nitrogen and oxygen atoms in total. The van der Waals surface area contributed by atoms with Crippen LogP contribution in [0.1, 0.15) is 30.4 Å². The Labute approximate surface area is 204 Å². The van der Waals surface area contributed by atoms with Crippen LogP contribution in [0, 0.1) is 5.41 Å². The Hall–Kier alpha value is -3.87. The van der Waals surface area contributed by atoms with Crippen molar-refractivity contribution in [3.63, 3.8) is 0 Å². The minimum absolute atomic E-state index is 0.0924. The van der Waals surface area contributed by atoms with Crippen LogP contribution in [0.3, 0.4) is 0 Å². The average molecular weight is 517 g/mol. The monoisotopic (exact) mass is 517 g/mol. The number of rotatable bonds is 5. The number of hydrogen-bond acceptors (Lipinski definition) is 12. The summed E-state index contributed by atoms with van der Waals surface area (Å²) in [7, 11) is -0.654. The summed E-state index contributed by atoms with van der Waals surface area (Å²) in [6.45, 7) is 2.36. The molecule has 2 aromatic heterocycles. The van der Waals surface area contributed by atoms with Crippen LogP contribution < -0.4 is 10.0 Å². The fourth-order valence-corrected chi connectivity index (χ4v) is 4.83. The van der Waals surface area contributed by atoms with Crippen molar-refractivity contribution in [1.82, 2.24) is 19.1 Å². The van der Waals surface area contributed by atoms with E-state index < -0.39 is 51.2 Å². The normalized spacial score (nSPS) is 25.1. The van der Waals surface area contributed by atoms with Gasteiger partial charge in [-0.1, -0.05) is 12.1 Å². The van der Waals surface area contributed by atoms with Crippen LogP contribution in [0.15, 0.2) is 36.9 Å². The highest BCUT2D eigenvalue weighted by molar-refractivity contribution is 7.43. The number of carbonyl (C=O) groups is 3. The van der Waals surface area contributed by atoms with Crippen molar-refractivity contribution >= 4 is 37.7 Å². The van der Waals surface area contributed by atoms with Gasteiger partial charge < -0.3 is 27.8 Å². The molecule has 188 valence electrons. The SMILES string of the molecule is CC(=O)O[C@@H]1[C@H](OC(C)=O)C(OP2OC(=O)c3ccccc3O2)O[C@H]1n1cnc2c(=N)n(C)cnc21. The minimum Gasteiger partial charge on any atom is -0.453 e. The lowest BCUT2D eigenvalue weighted by Crippen LogP contribution is -2.39. The van der Waals surface area contributed by atoms with Gasteiger partial charge in [0.2, 0.25) is 6.29 Å². The lowest BCUT2D eigenvalue weighted by Gasteiger charge is -2.26. The van der Waals surface area contributed by atoms with E-state index in [-0.39, 0.29) is 28.0 Å². The zero-order valence-corrected chi connectivity index (χ0v) is 20.1. The highest BCUT2D eigenvalue weighted by Crippen LogP contribution is 2.50. The third-order valence-electron chi connectivity index (χ3n) is 5.35. The molecule has 15 heteroatoms. The van der Waals surface area contributed by atoms with Gasteiger partial charge in [0, 0.05) is 20.9 Å². The second kappa shape index (κ2) is 9.30. The first-order valence-corrected chi connectivity index (χ1v) is 11.7. The largest absolute Gasteiger partial charge is 0.468 e. The maximum atomic E-state index is 12.4. The summed E-state index contributed by atoms with van der Waals surface area (Å²) in [6, 6.07) is 6.47. The fraction of sp³-hybridized carbons (Fsp3) is 0.333. The first-order chi connectivity index (χ1) is 17.2. The lowest BCUT2D eigenvalue weighted by molar-refractivity contribution is -0.171. The van der Waals surface area contributed by atoms with Gasteiger partial charge in [-0.05, 0) is 12.1 Å². The van der Waals surface area contributed by atoms with Gasteiger partial charge in [0.05, 0.1) is 12.7 Å². The van der Waals surface area contributed by atoms with Gasteiger partial charge in [-0.15, -0.1) is 0 Å². The van der Waals surface area contributed by atoms with Crippen LogP contribution in [0.25, 0.3) is 11.2 Å². The van der Waals surface area contributed by atoms with Crippen LogP contribution in [0.4, 0.5) is 0 Å². The van der Waals surface area contributed by atoms with Crippen LogP contribution in [-0.4, -0.2) is 55.5 Å². The zero-order chi connectivity index (χ0) is 25.6. The number of para-hydroxylation sites is 1. The van der Waals surface area contributed by atoms with Crippen molar-refractivity contribution in [3.8, 4) is 5.75 Å². The molecule has 2 unspecified atom stereocenters. The van der Waals surface area contributed by atoms with E-state index in [4.69, 9.17) is 33.2 Å². The Balaban J connectivity index is 1.49. The average Bonchev–Trinajstić information content (AvgIpc) is 3.38. The summed E-state index contributed by atoms with van der Waals surface area (Å²) in [5.41, 5.74) is 0.857. The van der Waals surface area contributed by atoms with Crippen LogP contribution in [-0.2, 0) is 39.9 Å². The highest BCUT2D eigenvalue weighted by Gasteiger charge is 2.53. The molecule has 0 amide bonds. The number of aromatic nitrogens is 4. The van der Waals surface area contributed by atoms with E-state index in [1.54, 1.807) is 31.3 Å². The number of imidazole rings is 1. The van der Waals surface area contributed by atoms with Crippen molar-refractivity contribution in [2.75, 3.05) is 0 Å². The standard InChI is InChI=1S/C21H20N5O9P/c1-10(27)30-15-16(31-11(2)28)21(35-36-33-13-7-5-4-6-12(13)20(29)34-36)32-19(15)26-9-23-14-17(22)25(3)8-24-18(14)26/h4-9,15-16,19,21-22H,1-3H3/t15-,16+,19-,21?,36?/m1/s1. The van der Waals surface area contributed by atoms with Gasteiger partial charge in [0.1, 0.15) is 16.8 Å². The summed E-state index contributed by atoms with van der Waals surface area (Å²) in [6.07, 6.45) is -2.14. The highest BCUT2D eigenvalue weighted by atomic mass is 31.2. The van der Waals surface area contributed by atoms with E-state index in [1.807, 2.05) is 0 Å². The van der Waals surface area contributed by atoms with Gasteiger partial charge >= 0.3 is 26.5 Å². The minimum atomic E-state index is -2.30. The van der Waals surface area contributed by atoms with Crippen molar-refractivity contribution in [1.29, 1.82) is 5.41 Å². The molecule has 3 aromatic rings. The Kier molecular flexibility index (Phi) is 6.16. The quantitative estimate of drug-likeness (QED) is 0.384. The summed E-state index contributed by atoms with van der Waals surface area (Å²) in [4.78, 5) is 44.8. The van der Waals surface area contributed by atoms with E-state index in [2.05, 4.69) is 9.97 Å². The van der Waals surface area contributed by atoms with Gasteiger partial charge in [-0.25, -0.2) is 14.8 Å². The third kappa shape index (κ3) is 4.30. The summed E-state index contributed by atoms with van der Waals surface area (Å²) >= 11 is 0. The molecule has 0 saturated carbocycles. The smallest absolute Gasteiger partial charge is 0.453 e. The van der Waals surface area contributed by atoms with Crippen molar-refractivity contribution in [2.45, 2.75) is 38.6 Å². The molecule has 2 aliphatic rings. The summed E-state index contributed by atoms with van der Waals surface area (Å²) in [5.74, 6) is -1.76. The molecule has 0 bridgehead atoms. The van der Waals surface area contributed by atoms with Crippen molar-refractivity contribution in [2.24, 2.45) is 7.05 Å². The first kappa shape index (κ1) is 23.9. The topological polar surface area (TPSA) is 166 Å². The summed E-state index contributed by atoms with van der Waals surface area (Å²) in [5, 5.41) is 8.22. The number of aryl methyl sites for hydroxylation is 1. The third-order valence-corrected chi connectivity index (χ3v) is 6.39. The molecule has 1 aromatic carbocycles. The maximum absolute atomic E-state index is 12.4. The van der Waals surface area contributed by atoms with Crippen LogP contribution >= 0.6 is 8.60 Å². The Morgan fingerprint density at radius 1 is 1.06 bits per heavy atom. The van der Waals surface area contributed by atoms with Crippen LogP contribution in [0.5, 0.6) is 5.75 Å². The molecular weight excluding hydrogens is 497 g/mol. The number of nitrogens with one attached hydrogen (secondary N) is 1. The van der Waals surface area contributed by atoms with Crippen molar-refractivity contribution in [3.05, 3.63) is 48.0 Å². The number of fused-ring (bicyclic) bond motifs is 2. The molecule has 1 saturated heterocycles. The summed E-state index contributed by atoms with van der Waals surface area (Å²) < 4.78 is 36.6. The number of ether oxygens (including phenoxy) is 3.